The number of carbonyl (C=O) groups excluding carboxylic acids is 1. The van der Waals surface area contributed by atoms with E-state index in [0.29, 0.717) is 0 Å². The lowest BCUT2D eigenvalue weighted by molar-refractivity contribution is -0.145. The Hall–Kier alpha value is -4.36. The van der Waals surface area contributed by atoms with Crippen molar-refractivity contribution < 1.29 is 19.0 Å². The summed E-state index contributed by atoms with van der Waals surface area (Å²) in [5.74, 6) is 1.28. The minimum Gasteiger partial charge on any atom is -0.497 e. The second kappa shape index (κ2) is 11.1. The fraction of sp³-hybridized carbons (Fsp3) is 0.133. The molecule has 0 unspecified atom stereocenters. The van der Waals surface area contributed by atoms with E-state index in [2.05, 4.69) is 0 Å². The largest absolute Gasteiger partial charge is 0.497 e. The van der Waals surface area contributed by atoms with E-state index in [9.17, 15) is 4.79 Å². The van der Waals surface area contributed by atoms with Crippen molar-refractivity contribution in [3.8, 4) is 43.9 Å². The number of hydrogen-bond donors (Lipinski definition) is 0. The van der Waals surface area contributed by atoms with Crippen molar-refractivity contribution in [1.29, 1.82) is 0 Å². The lowest BCUT2D eigenvalue weighted by Crippen LogP contribution is -2.13. The normalized spacial score (nSPS) is 10.8. The zero-order valence-electron chi connectivity index (χ0n) is 20.6. The summed E-state index contributed by atoms with van der Waals surface area (Å²) < 4.78 is 18.0. The number of nitrogens with zero attached hydrogens (tertiary/aromatic N) is 2. The molecule has 0 spiro atoms. The van der Waals surface area contributed by atoms with Crippen molar-refractivity contribution in [2.24, 2.45) is 0 Å². The van der Waals surface area contributed by atoms with Crippen LogP contribution in [0.25, 0.3) is 32.4 Å². The third-order valence-electron chi connectivity index (χ3n) is 5.93. The van der Waals surface area contributed by atoms with E-state index in [-0.39, 0.29) is 19.1 Å². The molecule has 0 aliphatic rings. The van der Waals surface area contributed by atoms with Crippen molar-refractivity contribution >= 4 is 17.3 Å². The summed E-state index contributed by atoms with van der Waals surface area (Å²) in [6.45, 7) is 0.348. The van der Waals surface area contributed by atoms with Gasteiger partial charge in [-0.25, -0.2) is 4.98 Å². The van der Waals surface area contributed by atoms with Crippen LogP contribution in [-0.2, 0) is 22.7 Å². The number of carbonyl (C=O) groups is 1. The summed E-state index contributed by atoms with van der Waals surface area (Å²) in [7, 11) is 3.30. The highest BCUT2D eigenvalue weighted by molar-refractivity contribution is 7.18. The molecule has 3 aromatic carbocycles. The Morgan fingerprint density at radius 2 is 1.46 bits per heavy atom. The molecule has 0 bridgehead atoms. The Balaban J connectivity index is 1.45. The lowest BCUT2D eigenvalue weighted by Gasteiger charge is -2.08. The molecule has 0 saturated carbocycles. The molecular formula is C30H26N2O4S. The van der Waals surface area contributed by atoms with Crippen LogP contribution in [0.3, 0.4) is 0 Å². The minimum atomic E-state index is -0.302. The van der Waals surface area contributed by atoms with Gasteiger partial charge in [0.25, 0.3) is 0 Å². The van der Waals surface area contributed by atoms with Crippen LogP contribution in [0.15, 0.2) is 97.2 Å². The average Bonchev–Trinajstić information content (AvgIpc) is 3.60. The molecule has 37 heavy (non-hydrogen) atoms. The van der Waals surface area contributed by atoms with E-state index >= 15 is 0 Å². The van der Waals surface area contributed by atoms with Gasteiger partial charge in [-0.3, -0.25) is 4.79 Å². The first kappa shape index (κ1) is 24.3. The Morgan fingerprint density at radius 1 is 0.811 bits per heavy atom. The first-order chi connectivity index (χ1) is 18.1. The van der Waals surface area contributed by atoms with Crippen LogP contribution in [0.5, 0.6) is 11.5 Å². The molecule has 5 aromatic rings. The molecule has 0 aliphatic carbocycles. The molecule has 0 radical (unpaired) electrons. The summed E-state index contributed by atoms with van der Waals surface area (Å²) in [5, 5.41) is 0.817. The number of esters is 1. The number of rotatable bonds is 9. The number of hydrogen-bond acceptors (Lipinski definition) is 6. The van der Waals surface area contributed by atoms with Crippen LogP contribution in [0, 0.1) is 0 Å². The topological polar surface area (TPSA) is 62.6 Å². The molecule has 0 aliphatic heterocycles. The molecule has 0 fully saturated rings. The van der Waals surface area contributed by atoms with Crippen LogP contribution in [0.2, 0.25) is 0 Å². The van der Waals surface area contributed by atoms with E-state index in [1.54, 1.807) is 25.6 Å². The molecule has 0 N–H and O–H groups in total. The highest BCUT2D eigenvalue weighted by Gasteiger charge is 2.19. The Morgan fingerprint density at radius 3 is 2.11 bits per heavy atom. The smallest absolute Gasteiger partial charge is 0.326 e. The van der Waals surface area contributed by atoms with Crippen molar-refractivity contribution in [3.63, 3.8) is 0 Å². The molecule has 0 atom stereocenters. The molecule has 2 heterocycles. The highest BCUT2D eigenvalue weighted by Crippen LogP contribution is 2.41. The standard InChI is InChI=1S/C30H26N2O4S/c1-34-24-14-10-22(11-15-24)28-29(23-12-16-25(35-2)17-13-23)37-30(31-28)26-9-6-18-32(26)19-27(33)36-20-21-7-4-3-5-8-21/h3-18H,19-20H2,1-2H3. The summed E-state index contributed by atoms with van der Waals surface area (Å²) in [6, 6.07) is 29.4. The molecule has 186 valence electrons. The van der Waals surface area contributed by atoms with Gasteiger partial charge >= 0.3 is 5.97 Å². The van der Waals surface area contributed by atoms with Crippen LogP contribution in [0.4, 0.5) is 0 Å². The van der Waals surface area contributed by atoms with Gasteiger partial charge in [-0.05, 0) is 71.8 Å². The minimum absolute atomic E-state index is 0.102. The number of aromatic nitrogens is 2. The van der Waals surface area contributed by atoms with Gasteiger partial charge in [0.1, 0.15) is 29.7 Å². The first-order valence-electron chi connectivity index (χ1n) is 11.8. The summed E-state index contributed by atoms with van der Waals surface area (Å²) in [5.41, 5.74) is 4.70. The SMILES string of the molecule is COc1ccc(-c2nc(-c3cccn3CC(=O)OCc3ccccc3)sc2-c2ccc(OC)cc2)cc1. The molecule has 6 nitrogen and oxygen atoms in total. The number of ether oxygens (including phenoxy) is 3. The van der Waals surface area contributed by atoms with Crippen LogP contribution >= 0.6 is 11.3 Å². The summed E-state index contributed by atoms with van der Waals surface area (Å²) in [6.07, 6.45) is 1.88. The average molecular weight is 511 g/mol. The summed E-state index contributed by atoms with van der Waals surface area (Å²) >= 11 is 1.58. The third kappa shape index (κ3) is 5.57. The number of thiazole rings is 1. The highest BCUT2D eigenvalue weighted by atomic mass is 32.1. The fourth-order valence-electron chi connectivity index (χ4n) is 3.98. The van der Waals surface area contributed by atoms with Gasteiger partial charge in [0, 0.05) is 11.8 Å². The van der Waals surface area contributed by atoms with Crippen LogP contribution in [0.1, 0.15) is 5.56 Å². The van der Waals surface area contributed by atoms with E-state index in [1.165, 1.54) is 0 Å². The molecular weight excluding hydrogens is 484 g/mol. The Kier molecular flexibility index (Phi) is 7.33. The van der Waals surface area contributed by atoms with Crippen molar-refractivity contribution in [2.45, 2.75) is 13.2 Å². The lowest BCUT2D eigenvalue weighted by atomic mass is 10.1. The van der Waals surface area contributed by atoms with Gasteiger partial charge in [-0.2, -0.15) is 0 Å². The number of methoxy groups -OCH3 is 2. The van der Waals surface area contributed by atoms with Crippen molar-refractivity contribution in [1.82, 2.24) is 9.55 Å². The Bertz CT molecular complexity index is 1410. The quantitative estimate of drug-likeness (QED) is 0.206. The van der Waals surface area contributed by atoms with Gasteiger partial charge in [0.05, 0.1) is 30.5 Å². The van der Waals surface area contributed by atoms with Gasteiger partial charge in [0.15, 0.2) is 0 Å². The Labute approximate surface area is 219 Å². The molecule has 2 aromatic heterocycles. The van der Waals surface area contributed by atoms with E-state index in [0.717, 1.165) is 49.5 Å². The maximum absolute atomic E-state index is 12.6. The second-order valence-corrected chi connectivity index (χ2v) is 9.32. The third-order valence-corrected chi connectivity index (χ3v) is 7.06. The maximum atomic E-state index is 12.6. The zero-order chi connectivity index (χ0) is 25.6. The first-order valence-corrected chi connectivity index (χ1v) is 12.6. The van der Waals surface area contributed by atoms with E-state index in [1.807, 2.05) is 102 Å². The van der Waals surface area contributed by atoms with E-state index in [4.69, 9.17) is 19.2 Å². The molecule has 0 amide bonds. The number of benzene rings is 3. The predicted molar refractivity (Wildman–Crippen MR) is 146 cm³/mol. The monoisotopic (exact) mass is 510 g/mol. The van der Waals surface area contributed by atoms with E-state index < -0.39 is 0 Å². The van der Waals surface area contributed by atoms with Gasteiger partial charge in [0.2, 0.25) is 0 Å². The molecule has 0 saturated heterocycles. The second-order valence-electron chi connectivity index (χ2n) is 8.32. The van der Waals surface area contributed by atoms with Gasteiger partial charge in [-0.15, -0.1) is 11.3 Å². The van der Waals surface area contributed by atoms with Crippen molar-refractivity contribution in [2.75, 3.05) is 14.2 Å². The van der Waals surface area contributed by atoms with Crippen molar-refractivity contribution in [3.05, 3.63) is 103 Å². The predicted octanol–water partition coefficient (Wildman–Crippen LogP) is 6.71. The van der Waals surface area contributed by atoms with Crippen LogP contribution in [-0.4, -0.2) is 29.7 Å². The zero-order valence-corrected chi connectivity index (χ0v) is 21.4. The van der Waals surface area contributed by atoms with Gasteiger partial charge < -0.3 is 18.8 Å². The maximum Gasteiger partial charge on any atom is 0.326 e. The van der Waals surface area contributed by atoms with Gasteiger partial charge in [-0.1, -0.05) is 30.3 Å². The fourth-order valence-corrected chi connectivity index (χ4v) is 5.12. The van der Waals surface area contributed by atoms with Crippen LogP contribution < -0.4 is 9.47 Å². The molecule has 5 rings (SSSR count). The summed E-state index contributed by atoms with van der Waals surface area (Å²) in [4.78, 5) is 18.7. The molecule has 7 heteroatoms.